The lowest BCUT2D eigenvalue weighted by molar-refractivity contribution is -0.125. The fourth-order valence-corrected chi connectivity index (χ4v) is 9.21. The minimum atomic E-state index is -3.60. The molecule has 10 heteroatoms. The predicted octanol–water partition coefficient (Wildman–Crippen LogP) is 5.32. The van der Waals surface area contributed by atoms with Gasteiger partial charge in [-0.05, 0) is 100 Å². The van der Waals surface area contributed by atoms with Gasteiger partial charge < -0.3 is 19.7 Å². The molecule has 228 valence electrons. The van der Waals surface area contributed by atoms with Gasteiger partial charge in [-0.25, -0.2) is 8.42 Å². The van der Waals surface area contributed by atoms with Gasteiger partial charge in [-0.2, -0.15) is 4.31 Å². The maximum atomic E-state index is 13.3. The number of carbonyl (C=O) groups is 1. The molecule has 1 N–H and O–H groups in total. The number of rotatable bonds is 14. The van der Waals surface area contributed by atoms with Crippen LogP contribution in [0.2, 0.25) is 0 Å². The van der Waals surface area contributed by atoms with Crippen LogP contribution in [0.3, 0.4) is 0 Å². The maximum Gasteiger partial charge on any atom is 0.245 e. The van der Waals surface area contributed by atoms with Crippen molar-refractivity contribution in [2.24, 2.45) is 11.8 Å². The number of ether oxygens (including phenoxy) is 2. The van der Waals surface area contributed by atoms with Gasteiger partial charge in [0.15, 0.2) is 0 Å². The zero-order chi connectivity index (χ0) is 29.2. The third kappa shape index (κ3) is 8.76. The number of nitrogens with one attached hydrogen (secondary N) is 1. The van der Waals surface area contributed by atoms with Crippen molar-refractivity contribution in [1.82, 2.24) is 14.5 Å². The SMILES string of the molecule is COc1ccc(S(=O)(=O)N2CCCCC2CCOCC(=O)NCCC2CCC(C(c3cccs3)N(C)C)CC2)cc1. The lowest BCUT2D eigenvalue weighted by atomic mass is 9.76. The number of sulfonamides is 1. The van der Waals surface area contributed by atoms with Gasteiger partial charge >= 0.3 is 0 Å². The largest absolute Gasteiger partial charge is 0.497 e. The number of benzene rings is 1. The Morgan fingerprint density at radius 1 is 1.07 bits per heavy atom. The fourth-order valence-electron chi connectivity index (χ4n) is 6.47. The number of methoxy groups -OCH3 is 1. The van der Waals surface area contributed by atoms with Crippen molar-refractivity contribution < 1.29 is 22.7 Å². The second-order valence-electron chi connectivity index (χ2n) is 11.6. The molecule has 2 atom stereocenters. The van der Waals surface area contributed by atoms with Gasteiger partial charge in [0, 0.05) is 36.7 Å². The lowest BCUT2D eigenvalue weighted by Crippen LogP contribution is -2.44. The van der Waals surface area contributed by atoms with E-state index in [1.807, 2.05) is 11.3 Å². The summed E-state index contributed by atoms with van der Waals surface area (Å²) in [5, 5.41) is 5.19. The average molecular weight is 606 g/mol. The van der Waals surface area contributed by atoms with E-state index in [0.29, 0.717) is 49.7 Å². The third-order valence-electron chi connectivity index (χ3n) is 8.67. The Morgan fingerprint density at radius 3 is 2.49 bits per heavy atom. The van der Waals surface area contributed by atoms with E-state index in [4.69, 9.17) is 9.47 Å². The van der Waals surface area contributed by atoms with Crippen molar-refractivity contribution in [3.63, 3.8) is 0 Å². The summed E-state index contributed by atoms with van der Waals surface area (Å²) in [4.78, 5) is 16.5. The minimum Gasteiger partial charge on any atom is -0.497 e. The fraction of sp³-hybridized carbons (Fsp3) is 0.645. The van der Waals surface area contributed by atoms with Crippen LogP contribution < -0.4 is 10.1 Å². The molecule has 1 saturated heterocycles. The van der Waals surface area contributed by atoms with Gasteiger partial charge in [0.05, 0.1) is 12.0 Å². The first-order valence-corrected chi connectivity index (χ1v) is 17.3. The highest BCUT2D eigenvalue weighted by Crippen LogP contribution is 2.41. The second kappa shape index (κ2) is 15.5. The summed E-state index contributed by atoms with van der Waals surface area (Å²) in [6.07, 6.45) is 9.11. The van der Waals surface area contributed by atoms with Gasteiger partial charge in [0.1, 0.15) is 12.4 Å². The topological polar surface area (TPSA) is 88.2 Å². The standard InChI is InChI=1S/C31H47N3O5S2/c1-33(2)31(29-8-6-22-40-29)25-11-9-24(10-12-25)17-19-32-30(35)23-39-21-18-26-7-4-5-20-34(26)41(36,37)28-15-13-27(38-3)14-16-28/h6,8,13-16,22,24-26,31H,4-5,7,9-12,17-21,23H2,1-3H3,(H,32,35). The molecule has 0 spiro atoms. The minimum absolute atomic E-state index is 0.00994. The monoisotopic (exact) mass is 605 g/mol. The van der Waals surface area contributed by atoms with Crippen molar-refractivity contribution in [2.75, 3.05) is 47.5 Å². The summed E-state index contributed by atoms with van der Waals surface area (Å²) in [6.45, 7) is 1.55. The Balaban J connectivity index is 1.13. The molecule has 4 rings (SSSR count). The van der Waals surface area contributed by atoms with E-state index < -0.39 is 10.0 Å². The molecule has 2 aromatic rings. The summed E-state index contributed by atoms with van der Waals surface area (Å²) in [5.74, 6) is 1.87. The van der Waals surface area contributed by atoms with Gasteiger partial charge in [0.25, 0.3) is 0 Å². The lowest BCUT2D eigenvalue weighted by Gasteiger charge is -2.37. The van der Waals surface area contributed by atoms with Crippen LogP contribution in [0, 0.1) is 11.8 Å². The maximum absolute atomic E-state index is 13.3. The van der Waals surface area contributed by atoms with Crippen LogP contribution in [-0.4, -0.2) is 77.1 Å². The summed E-state index contributed by atoms with van der Waals surface area (Å²) in [6, 6.07) is 11.3. The zero-order valence-corrected chi connectivity index (χ0v) is 26.4. The quantitative estimate of drug-likeness (QED) is 0.293. The number of carbonyl (C=O) groups excluding carboxylic acids is 1. The molecule has 2 heterocycles. The first-order valence-electron chi connectivity index (χ1n) is 15.0. The molecule has 1 saturated carbocycles. The molecule has 2 aliphatic rings. The van der Waals surface area contributed by atoms with Crippen molar-refractivity contribution in [3.05, 3.63) is 46.7 Å². The number of piperidine rings is 1. The Morgan fingerprint density at radius 2 is 1.83 bits per heavy atom. The van der Waals surface area contributed by atoms with Crippen LogP contribution in [-0.2, 0) is 19.6 Å². The van der Waals surface area contributed by atoms with Crippen molar-refractivity contribution >= 4 is 27.3 Å². The highest BCUT2D eigenvalue weighted by molar-refractivity contribution is 7.89. The van der Waals surface area contributed by atoms with E-state index >= 15 is 0 Å². The van der Waals surface area contributed by atoms with Crippen LogP contribution in [0.25, 0.3) is 0 Å². The first kappa shape index (κ1) is 31.9. The Labute approximate surface area is 250 Å². The molecule has 1 aliphatic heterocycles. The highest BCUT2D eigenvalue weighted by atomic mass is 32.2. The van der Waals surface area contributed by atoms with E-state index in [-0.39, 0.29) is 23.5 Å². The molecule has 2 fully saturated rings. The number of thiophene rings is 1. The number of nitrogens with zero attached hydrogens (tertiary/aromatic N) is 2. The molecule has 41 heavy (non-hydrogen) atoms. The zero-order valence-electron chi connectivity index (χ0n) is 24.8. The van der Waals surface area contributed by atoms with Gasteiger partial charge in [0.2, 0.25) is 15.9 Å². The van der Waals surface area contributed by atoms with Crippen LogP contribution in [0.15, 0.2) is 46.7 Å². The summed E-state index contributed by atoms with van der Waals surface area (Å²) >= 11 is 1.85. The average Bonchev–Trinajstić information content (AvgIpc) is 3.50. The molecule has 0 radical (unpaired) electrons. The molecule has 1 aromatic heterocycles. The normalized spacial score (nSPS) is 22.9. The Kier molecular flexibility index (Phi) is 12.1. The molecular weight excluding hydrogens is 558 g/mol. The van der Waals surface area contributed by atoms with Gasteiger partial charge in [-0.3, -0.25) is 4.79 Å². The number of hydrogen-bond acceptors (Lipinski definition) is 7. The van der Waals surface area contributed by atoms with Crippen molar-refractivity contribution in [2.45, 2.75) is 74.8 Å². The third-order valence-corrected chi connectivity index (χ3v) is 11.6. The van der Waals surface area contributed by atoms with Crippen LogP contribution in [0.4, 0.5) is 0 Å². The van der Waals surface area contributed by atoms with E-state index in [2.05, 4.69) is 41.8 Å². The Hall–Kier alpha value is -1.98. The predicted molar refractivity (Wildman–Crippen MR) is 164 cm³/mol. The molecule has 0 bridgehead atoms. The molecular formula is C31H47N3O5S2. The molecule has 2 unspecified atom stereocenters. The van der Waals surface area contributed by atoms with Gasteiger partial charge in [-0.15, -0.1) is 11.3 Å². The first-order chi connectivity index (χ1) is 19.8. The van der Waals surface area contributed by atoms with E-state index in [0.717, 1.165) is 25.7 Å². The van der Waals surface area contributed by atoms with E-state index in [1.54, 1.807) is 35.7 Å². The highest BCUT2D eigenvalue weighted by Gasteiger charge is 2.33. The van der Waals surface area contributed by atoms with Crippen LogP contribution in [0.1, 0.15) is 68.7 Å². The number of hydrogen-bond donors (Lipinski definition) is 1. The molecule has 1 amide bonds. The number of amides is 1. The molecule has 1 aromatic carbocycles. The summed E-state index contributed by atoms with van der Waals surface area (Å²) in [5.41, 5.74) is 0. The molecule has 1 aliphatic carbocycles. The van der Waals surface area contributed by atoms with Crippen molar-refractivity contribution in [1.29, 1.82) is 0 Å². The molecule has 8 nitrogen and oxygen atoms in total. The Bertz CT molecular complexity index is 1160. The summed E-state index contributed by atoms with van der Waals surface area (Å²) < 4.78 is 39.1. The van der Waals surface area contributed by atoms with Gasteiger partial charge in [-0.1, -0.05) is 25.3 Å². The van der Waals surface area contributed by atoms with E-state index in [1.165, 1.54) is 30.6 Å². The van der Waals surface area contributed by atoms with Crippen LogP contribution in [0.5, 0.6) is 5.75 Å². The smallest absolute Gasteiger partial charge is 0.245 e. The van der Waals surface area contributed by atoms with Crippen molar-refractivity contribution in [3.8, 4) is 5.75 Å². The van der Waals surface area contributed by atoms with Crippen LogP contribution >= 0.6 is 11.3 Å². The second-order valence-corrected chi connectivity index (χ2v) is 14.5. The summed E-state index contributed by atoms with van der Waals surface area (Å²) in [7, 11) is 2.33. The van der Waals surface area contributed by atoms with E-state index in [9.17, 15) is 13.2 Å².